The van der Waals surface area contributed by atoms with E-state index >= 15 is 0 Å². The number of rotatable bonds is 5. The van der Waals surface area contributed by atoms with E-state index in [-0.39, 0.29) is 0 Å². The second-order valence-corrected chi connectivity index (χ2v) is 6.29. The van der Waals surface area contributed by atoms with Gasteiger partial charge in [0.2, 0.25) is 0 Å². The van der Waals surface area contributed by atoms with Gasteiger partial charge in [-0.2, -0.15) is 0 Å². The van der Waals surface area contributed by atoms with Crippen molar-refractivity contribution in [3.05, 3.63) is 71.7 Å². The Balaban J connectivity index is 1.68. The molecule has 0 spiro atoms. The number of pyridine rings is 2. The van der Waals surface area contributed by atoms with Crippen LogP contribution in [-0.4, -0.2) is 28.0 Å². The molecule has 0 aliphatic heterocycles. The number of aryl methyl sites for hydroxylation is 1. The van der Waals surface area contributed by atoms with Crippen molar-refractivity contribution in [3.8, 4) is 0 Å². The van der Waals surface area contributed by atoms with Crippen LogP contribution in [0, 0.1) is 6.92 Å². The highest BCUT2D eigenvalue weighted by atomic mass is 15.1. The van der Waals surface area contributed by atoms with Gasteiger partial charge in [-0.05, 0) is 50.7 Å². The molecular formula is C20H23N3. The smallest absolute Gasteiger partial charge is 0.0705 e. The largest absolute Gasteiger partial charge is 0.297 e. The summed E-state index contributed by atoms with van der Waals surface area (Å²) in [5.41, 5.74) is 4.58. The highest BCUT2D eigenvalue weighted by Gasteiger charge is 2.12. The van der Waals surface area contributed by atoms with Crippen molar-refractivity contribution in [2.75, 3.05) is 7.05 Å². The lowest BCUT2D eigenvalue weighted by molar-refractivity contribution is 0.244. The lowest BCUT2D eigenvalue weighted by atomic mass is 10.1. The summed E-state index contributed by atoms with van der Waals surface area (Å²) in [7, 11) is 2.15. The number of hydrogen-bond acceptors (Lipinski definition) is 3. The molecule has 3 aromatic rings. The summed E-state index contributed by atoms with van der Waals surface area (Å²) in [6.07, 6.45) is 2.84. The topological polar surface area (TPSA) is 29.0 Å². The Kier molecular flexibility index (Phi) is 4.68. The maximum atomic E-state index is 4.76. The predicted molar refractivity (Wildman–Crippen MR) is 95.4 cm³/mol. The summed E-state index contributed by atoms with van der Waals surface area (Å²) in [5.74, 6) is 0. The highest BCUT2D eigenvalue weighted by Crippen LogP contribution is 2.14. The van der Waals surface area contributed by atoms with Gasteiger partial charge in [-0.3, -0.25) is 14.9 Å². The molecule has 0 aliphatic rings. The monoisotopic (exact) mass is 305 g/mol. The molecule has 0 radical (unpaired) electrons. The molecule has 23 heavy (non-hydrogen) atoms. The zero-order valence-corrected chi connectivity index (χ0v) is 14.0. The fraction of sp³-hybridized carbons (Fsp3) is 0.300. The molecule has 2 aromatic heterocycles. The normalized spacial score (nSPS) is 12.7. The number of fused-ring (bicyclic) bond motifs is 1. The molecule has 0 saturated heterocycles. The average molecular weight is 305 g/mol. The van der Waals surface area contributed by atoms with Crippen LogP contribution in [0.25, 0.3) is 10.9 Å². The molecule has 0 saturated carbocycles. The van der Waals surface area contributed by atoms with Gasteiger partial charge in [0.05, 0.1) is 11.2 Å². The van der Waals surface area contributed by atoms with Gasteiger partial charge in [0.1, 0.15) is 0 Å². The minimum Gasteiger partial charge on any atom is -0.297 e. The third kappa shape index (κ3) is 3.93. The zero-order valence-electron chi connectivity index (χ0n) is 14.0. The summed E-state index contributed by atoms with van der Waals surface area (Å²) in [5, 5.41) is 1.19. The summed E-state index contributed by atoms with van der Waals surface area (Å²) in [6, 6.07) is 17.1. The zero-order chi connectivity index (χ0) is 16.2. The fourth-order valence-electron chi connectivity index (χ4n) is 2.78. The molecule has 0 aliphatic carbocycles. The number of hydrogen-bond donors (Lipinski definition) is 0. The highest BCUT2D eigenvalue weighted by molar-refractivity contribution is 5.78. The minimum absolute atomic E-state index is 0.414. The molecular weight excluding hydrogens is 282 g/mol. The van der Waals surface area contributed by atoms with Crippen LogP contribution in [0.1, 0.15) is 23.9 Å². The summed E-state index contributed by atoms with van der Waals surface area (Å²) in [6.45, 7) is 5.20. The minimum atomic E-state index is 0.414. The molecule has 0 N–H and O–H groups in total. The van der Waals surface area contributed by atoms with E-state index in [9.17, 15) is 0 Å². The lowest BCUT2D eigenvalue weighted by Crippen LogP contribution is -2.31. The number of likely N-dealkylation sites (N-methyl/N-ethyl adjacent to an activating group) is 1. The van der Waals surface area contributed by atoms with Crippen LogP contribution in [-0.2, 0) is 13.0 Å². The predicted octanol–water partition coefficient (Wildman–Crippen LogP) is 4.00. The van der Waals surface area contributed by atoms with Gasteiger partial charge >= 0.3 is 0 Å². The van der Waals surface area contributed by atoms with Crippen molar-refractivity contribution in [2.24, 2.45) is 0 Å². The van der Waals surface area contributed by atoms with Crippen molar-refractivity contribution in [1.29, 1.82) is 0 Å². The Morgan fingerprint density at radius 1 is 1.04 bits per heavy atom. The Morgan fingerprint density at radius 3 is 2.70 bits per heavy atom. The first-order chi connectivity index (χ1) is 11.1. The molecule has 1 aromatic carbocycles. The van der Waals surface area contributed by atoms with Crippen LogP contribution in [0.2, 0.25) is 0 Å². The van der Waals surface area contributed by atoms with Crippen molar-refractivity contribution < 1.29 is 0 Å². The molecule has 118 valence electrons. The second-order valence-electron chi connectivity index (χ2n) is 6.29. The molecule has 3 nitrogen and oxygen atoms in total. The van der Waals surface area contributed by atoms with Gasteiger partial charge in [0.15, 0.2) is 0 Å². The molecule has 0 amide bonds. The standard InChI is InChI=1S/C20H23N3/c1-15-10-11-21-19(12-15)13-16(2)23(3)14-18-9-8-17-6-4-5-7-20(17)22-18/h4-12,16H,13-14H2,1-3H3. The van der Waals surface area contributed by atoms with Crippen LogP contribution in [0.4, 0.5) is 0 Å². The Labute approximate surface area is 138 Å². The number of nitrogens with zero attached hydrogens (tertiary/aromatic N) is 3. The molecule has 1 atom stereocenters. The SMILES string of the molecule is Cc1ccnc(CC(C)N(C)Cc2ccc3ccccc3n2)c1. The van der Waals surface area contributed by atoms with Crippen molar-refractivity contribution in [1.82, 2.24) is 14.9 Å². The van der Waals surface area contributed by atoms with Crippen molar-refractivity contribution in [2.45, 2.75) is 32.9 Å². The summed E-state index contributed by atoms with van der Waals surface area (Å²) >= 11 is 0. The van der Waals surface area contributed by atoms with E-state index < -0.39 is 0 Å². The van der Waals surface area contributed by atoms with Crippen molar-refractivity contribution in [3.63, 3.8) is 0 Å². The van der Waals surface area contributed by atoms with E-state index in [2.05, 4.69) is 61.1 Å². The van der Waals surface area contributed by atoms with Crippen LogP contribution in [0.15, 0.2) is 54.7 Å². The van der Waals surface area contributed by atoms with E-state index in [1.54, 1.807) is 0 Å². The second kappa shape index (κ2) is 6.88. The van der Waals surface area contributed by atoms with Crippen LogP contribution in [0.3, 0.4) is 0 Å². The first-order valence-electron chi connectivity index (χ1n) is 8.08. The van der Waals surface area contributed by atoms with E-state index in [0.717, 1.165) is 29.9 Å². The van der Waals surface area contributed by atoms with Crippen LogP contribution in [0.5, 0.6) is 0 Å². The Morgan fingerprint density at radius 2 is 1.87 bits per heavy atom. The number of aromatic nitrogens is 2. The van der Waals surface area contributed by atoms with E-state index in [0.29, 0.717) is 6.04 Å². The number of benzene rings is 1. The summed E-state index contributed by atoms with van der Waals surface area (Å²) < 4.78 is 0. The van der Waals surface area contributed by atoms with Gasteiger partial charge in [-0.15, -0.1) is 0 Å². The van der Waals surface area contributed by atoms with E-state index in [1.165, 1.54) is 10.9 Å². The molecule has 2 heterocycles. The third-order valence-corrected chi connectivity index (χ3v) is 4.30. The van der Waals surface area contributed by atoms with Gasteiger partial charge in [-0.25, -0.2) is 0 Å². The molecule has 3 heteroatoms. The number of para-hydroxylation sites is 1. The van der Waals surface area contributed by atoms with Crippen LogP contribution >= 0.6 is 0 Å². The summed E-state index contributed by atoms with van der Waals surface area (Å²) in [4.78, 5) is 11.6. The van der Waals surface area contributed by atoms with E-state index in [1.807, 2.05) is 24.4 Å². The molecule has 1 unspecified atom stereocenters. The molecule has 3 rings (SSSR count). The van der Waals surface area contributed by atoms with E-state index in [4.69, 9.17) is 4.98 Å². The van der Waals surface area contributed by atoms with Crippen molar-refractivity contribution >= 4 is 10.9 Å². The van der Waals surface area contributed by atoms with Gasteiger partial charge in [0, 0.05) is 36.3 Å². The maximum Gasteiger partial charge on any atom is 0.0705 e. The van der Waals surface area contributed by atoms with Gasteiger partial charge in [0.25, 0.3) is 0 Å². The Hall–Kier alpha value is -2.26. The quantitative estimate of drug-likeness (QED) is 0.713. The third-order valence-electron chi connectivity index (χ3n) is 4.30. The molecule has 0 bridgehead atoms. The maximum absolute atomic E-state index is 4.76. The average Bonchev–Trinajstić information content (AvgIpc) is 2.54. The fourth-order valence-corrected chi connectivity index (χ4v) is 2.78. The Bertz CT molecular complexity index is 798. The van der Waals surface area contributed by atoms with Crippen LogP contribution < -0.4 is 0 Å². The first kappa shape index (κ1) is 15.6. The van der Waals surface area contributed by atoms with Gasteiger partial charge < -0.3 is 0 Å². The lowest BCUT2D eigenvalue weighted by Gasteiger charge is -2.24. The first-order valence-corrected chi connectivity index (χ1v) is 8.08. The van der Waals surface area contributed by atoms with Gasteiger partial charge in [-0.1, -0.05) is 24.3 Å². The molecule has 0 fully saturated rings.